The first-order valence-corrected chi connectivity index (χ1v) is 11.5. The van der Waals surface area contributed by atoms with Gasteiger partial charge in [-0.3, -0.25) is 0 Å². The highest BCUT2D eigenvalue weighted by Crippen LogP contribution is 2.26. The number of para-hydroxylation sites is 1. The van der Waals surface area contributed by atoms with Crippen molar-refractivity contribution in [3.8, 4) is 5.75 Å². The van der Waals surface area contributed by atoms with Gasteiger partial charge in [0.1, 0.15) is 11.6 Å². The number of fused-ring (bicyclic) bond motifs is 1. The van der Waals surface area contributed by atoms with Crippen molar-refractivity contribution in [1.29, 1.82) is 0 Å². The molecular weight excluding hydrogens is 416 g/mol. The molecule has 2 aromatic carbocycles. The Labute approximate surface area is 194 Å². The van der Waals surface area contributed by atoms with E-state index in [1.807, 2.05) is 74.4 Å². The molecule has 1 aliphatic carbocycles. The van der Waals surface area contributed by atoms with Gasteiger partial charge in [-0.1, -0.05) is 12.1 Å². The Hall–Kier alpha value is -3.55. The number of amides is 2. The van der Waals surface area contributed by atoms with E-state index < -0.39 is 0 Å². The van der Waals surface area contributed by atoms with Crippen molar-refractivity contribution in [3.05, 3.63) is 48.5 Å². The molecule has 4 rings (SSSR count). The normalized spacial score (nSPS) is 17.9. The van der Waals surface area contributed by atoms with Crippen LogP contribution in [0.2, 0.25) is 0 Å². The maximum Gasteiger partial charge on any atom is 0.319 e. The van der Waals surface area contributed by atoms with Crippen LogP contribution < -0.4 is 25.6 Å². The highest BCUT2D eigenvalue weighted by atomic mass is 16.5. The molecule has 0 saturated heterocycles. The summed E-state index contributed by atoms with van der Waals surface area (Å²) in [6, 6.07) is 15.7. The summed E-state index contributed by atoms with van der Waals surface area (Å²) in [7, 11) is 3.99. The van der Waals surface area contributed by atoms with E-state index in [1.54, 1.807) is 0 Å². The fourth-order valence-corrected chi connectivity index (χ4v) is 4.18. The second-order valence-corrected chi connectivity index (χ2v) is 8.53. The summed E-state index contributed by atoms with van der Waals surface area (Å²) in [6.45, 7) is 2.56. The van der Waals surface area contributed by atoms with E-state index in [4.69, 9.17) is 14.7 Å². The van der Waals surface area contributed by atoms with Crippen LogP contribution in [0.3, 0.4) is 0 Å². The van der Waals surface area contributed by atoms with E-state index in [-0.39, 0.29) is 18.1 Å². The molecule has 1 heterocycles. The van der Waals surface area contributed by atoms with Gasteiger partial charge < -0.3 is 25.6 Å². The number of nitrogens with one attached hydrogen (secondary N) is 3. The van der Waals surface area contributed by atoms with E-state index in [9.17, 15) is 4.79 Å². The smallest absolute Gasteiger partial charge is 0.319 e. The van der Waals surface area contributed by atoms with Gasteiger partial charge in [0.2, 0.25) is 5.95 Å². The Kier molecular flexibility index (Phi) is 7.12. The van der Waals surface area contributed by atoms with Gasteiger partial charge in [-0.2, -0.15) is 4.98 Å². The quantitative estimate of drug-likeness (QED) is 0.488. The third kappa shape index (κ3) is 5.83. The Morgan fingerprint density at radius 1 is 1.00 bits per heavy atom. The molecule has 3 aromatic rings. The minimum atomic E-state index is -0.177. The lowest BCUT2D eigenvalue weighted by Crippen LogP contribution is -2.42. The number of hydrogen-bond donors (Lipinski definition) is 3. The predicted molar refractivity (Wildman–Crippen MR) is 133 cm³/mol. The van der Waals surface area contributed by atoms with Crippen LogP contribution in [0, 0.1) is 0 Å². The molecule has 1 aliphatic rings. The van der Waals surface area contributed by atoms with Crippen LogP contribution >= 0.6 is 0 Å². The number of anilines is 3. The van der Waals surface area contributed by atoms with E-state index in [2.05, 4.69) is 16.0 Å². The van der Waals surface area contributed by atoms with Gasteiger partial charge in [0, 0.05) is 37.3 Å². The molecule has 0 atom stereocenters. The number of urea groups is 1. The van der Waals surface area contributed by atoms with Gasteiger partial charge in [0.05, 0.1) is 12.1 Å². The molecular formula is C25H32N6O2. The van der Waals surface area contributed by atoms with Crippen LogP contribution in [0.25, 0.3) is 10.9 Å². The topological polar surface area (TPSA) is 91.4 Å². The third-order valence-electron chi connectivity index (χ3n) is 5.83. The average Bonchev–Trinajstić information content (AvgIpc) is 2.81. The standard InChI is InChI=1S/C25H32N6O2/c1-4-33-20-15-13-19(14-16-20)28-25(32)27-18-11-9-17(10-12-18)26-24-29-22-8-6-5-7-21(22)23(30-24)31(2)3/h5-8,13-18H,4,9-12H2,1-3H3,(H,26,29,30)(H2,27,28,32)/t17-,18+. The Balaban J connectivity index is 1.29. The minimum absolute atomic E-state index is 0.153. The number of nitrogens with zero attached hydrogens (tertiary/aromatic N) is 3. The zero-order chi connectivity index (χ0) is 23.2. The van der Waals surface area contributed by atoms with Gasteiger partial charge in [-0.25, -0.2) is 9.78 Å². The van der Waals surface area contributed by atoms with E-state index in [0.29, 0.717) is 12.6 Å². The summed E-state index contributed by atoms with van der Waals surface area (Å²) in [5, 5.41) is 10.5. The highest BCUT2D eigenvalue weighted by molar-refractivity contribution is 5.90. The molecule has 0 unspecified atom stereocenters. The van der Waals surface area contributed by atoms with Crippen molar-refractivity contribution in [3.63, 3.8) is 0 Å². The largest absolute Gasteiger partial charge is 0.494 e. The Morgan fingerprint density at radius 2 is 1.70 bits per heavy atom. The molecule has 0 aliphatic heterocycles. The molecule has 1 saturated carbocycles. The molecule has 1 fully saturated rings. The summed E-state index contributed by atoms with van der Waals surface area (Å²) in [5.41, 5.74) is 1.68. The van der Waals surface area contributed by atoms with E-state index in [1.165, 1.54) is 0 Å². The summed E-state index contributed by atoms with van der Waals surface area (Å²) in [4.78, 5) is 23.9. The van der Waals surface area contributed by atoms with Gasteiger partial charge >= 0.3 is 6.03 Å². The number of aromatic nitrogens is 2. The third-order valence-corrected chi connectivity index (χ3v) is 5.83. The van der Waals surface area contributed by atoms with E-state index >= 15 is 0 Å². The molecule has 8 nitrogen and oxygen atoms in total. The molecule has 2 amide bonds. The number of rotatable bonds is 7. The Bertz CT molecular complexity index is 1080. The second kappa shape index (κ2) is 10.4. The van der Waals surface area contributed by atoms with Crippen molar-refractivity contribution in [2.45, 2.75) is 44.7 Å². The van der Waals surface area contributed by atoms with Crippen LogP contribution in [0.5, 0.6) is 5.75 Å². The van der Waals surface area contributed by atoms with Crippen LogP contribution in [0.4, 0.5) is 22.2 Å². The fraction of sp³-hybridized carbons (Fsp3) is 0.400. The van der Waals surface area contributed by atoms with Gasteiger partial charge in [0.15, 0.2) is 0 Å². The first-order chi connectivity index (χ1) is 16.0. The maximum atomic E-state index is 12.4. The van der Waals surface area contributed by atoms with E-state index in [0.717, 1.165) is 53.8 Å². The molecule has 0 bridgehead atoms. The van der Waals surface area contributed by atoms with Gasteiger partial charge in [-0.15, -0.1) is 0 Å². The lowest BCUT2D eigenvalue weighted by Gasteiger charge is -2.30. The lowest BCUT2D eigenvalue weighted by atomic mass is 9.91. The van der Waals surface area contributed by atoms with Crippen LogP contribution in [-0.2, 0) is 0 Å². The molecule has 0 radical (unpaired) electrons. The van der Waals surface area contributed by atoms with Crippen molar-refractivity contribution >= 4 is 34.4 Å². The fourth-order valence-electron chi connectivity index (χ4n) is 4.18. The minimum Gasteiger partial charge on any atom is -0.494 e. The first kappa shape index (κ1) is 22.6. The lowest BCUT2D eigenvalue weighted by molar-refractivity contribution is 0.243. The van der Waals surface area contributed by atoms with Crippen LogP contribution in [0.15, 0.2) is 48.5 Å². The SMILES string of the molecule is CCOc1ccc(NC(=O)N[C@H]2CC[C@@H](Nc3nc(N(C)C)c4ccccc4n3)CC2)cc1. The van der Waals surface area contributed by atoms with Gasteiger partial charge in [-0.05, 0) is 69.0 Å². The summed E-state index contributed by atoms with van der Waals surface area (Å²) in [6.07, 6.45) is 3.70. The summed E-state index contributed by atoms with van der Waals surface area (Å²) < 4.78 is 5.43. The molecule has 8 heteroatoms. The Morgan fingerprint density at radius 3 is 2.39 bits per heavy atom. The first-order valence-electron chi connectivity index (χ1n) is 11.5. The van der Waals surface area contributed by atoms with Crippen LogP contribution in [-0.4, -0.2) is 48.8 Å². The number of carbonyl (C=O) groups excluding carboxylic acids is 1. The molecule has 3 N–H and O–H groups in total. The molecule has 1 aromatic heterocycles. The second-order valence-electron chi connectivity index (χ2n) is 8.53. The van der Waals surface area contributed by atoms with Crippen molar-refractivity contribution in [1.82, 2.24) is 15.3 Å². The molecule has 174 valence electrons. The van der Waals surface area contributed by atoms with Crippen molar-refractivity contribution in [2.75, 3.05) is 36.2 Å². The maximum absolute atomic E-state index is 12.4. The zero-order valence-corrected chi connectivity index (χ0v) is 19.5. The highest BCUT2D eigenvalue weighted by Gasteiger charge is 2.23. The van der Waals surface area contributed by atoms with Crippen LogP contribution in [0.1, 0.15) is 32.6 Å². The average molecular weight is 449 g/mol. The van der Waals surface area contributed by atoms with Gasteiger partial charge in [0.25, 0.3) is 0 Å². The summed E-state index contributed by atoms with van der Waals surface area (Å²) in [5.74, 6) is 2.36. The number of carbonyl (C=O) groups is 1. The summed E-state index contributed by atoms with van der Waals surface area (Å²) >= 11 is 0. The molecule has 33 heavy (non-hydrogen) atoms. The predicted octanol–water partition coefficient (Wildman–Crippen LogP) is 4.64. The number of ether oxygens (including phenoxy) is 1. The molecule has 0 spiro atoms. The zero-order valence-electron chi connectivity index (χ0n) is 19.5. The van der Waals surface area contributed by atoms with Crippen molar-refractivity contribution in [2.24, 2.45) is 0 Å². The van der Waals surface area contributed by atoms with Crippen molar-refractivity contribution < 1.29 is 9.53 Å². The number of benzene rings is 2. The number of hydrogen-bond acceptors (Lipinski definition) is 6. The monoisotopic (exact) mass is 448 g/mol.